The van der Waals surface area contributed by atoms with E-state index < -0.39 is 0 Å². The number of nitrogens with one attached hydrogen (secondary N) is 2. The third kappa shape index (κ3) is 5.04. The second-order valence-corrected chi connectivity index (χ2v) is 6.71. The van der Waals surface area contributed by atoms with Gasteiger partial charge in [0.1, 0.15) is 0 Å². The molecule has 2 heterocycles. The number of hydrogen-bond donors (Lipinski definition) is 2. The molecule has 0 unspecified atom stereocenters. The molecule has 0 bridgehead atoms. The summed E-state index contributed by atoms with van der Waals surface area (Å²) in [7, 11) is 1.79. The number of benzene rings is 2. The van der Waals surface area contributed by atoms with Gasteiger partial charge in [-0.05, 0) is 43.7 Å². The Balaban J connectivity index is 0.000000206. The number of nitrogens with zero attached hydrogens (tertiary/aromatic N) is 1. The molecule has 6 nitrogen and oxygen atoms in total. The van der Waals surface area contributed by atoms with Gasteiger partial charge in [-0.15, -0.1) is 0 Å². The Morgan fingerprint density at radius 2 is 1.75 bits per heavy atom. The van der Waals surface area contributed by atoms with Crippen molar-refractivity contribution in [3.05, 3.63) is 59.8 Å². The molecular weight excluding hydrogens is 354 g/mol. The van der Waals surface area contributed by atoms with Gasteiger partial charge < -0.3 is 24.7 Å². The second kappa shape index (κ2) is 9.80. The van der Waals surface area contributed by atoms with E-state index in [1.54, 1.807) is 11.9 Å². The van der Waals surface area contributed by atoms with E-state index in [1.807, 2.05) is 24.3 Å². The maximum Gasteiger partial charge on any atom is 0.231 e. The van der Waals surface area contributed by atoms with Gasteiger partial charge in [0.15, 0.2) is 11.5 Å². The predicted octanol–water partition coefficient (Wildman–Crippen LogP) is 3.11. The van der Waals surface area contributed by atoms with Crippen molar-refractivity contribution in [2.45, 2.75) is 13.3 Å². The zero-order valence-corrected chi connectivity index (χ0v) is 16.4. The number of para-hydroxylation sites is 3. The molecule has 28 heavy (non-hydrogen) atoms. The van der Waals surface area contributed by atoms with Gasteiger partial charge in [0.05, 0.1) is 0 Å². The Kier molecular flexibility index (Phi) is 6.92. The van der Waals surface area contributed by atoms with Gasteiger partial charge in [0, 0.05) is 36.7 Å². The van der Waals surface area contributed by atoms with Crippen molar-refractivity contribution in [2.24, 2.45) is 0 Å². The van der Waals surface area contributed by atoms with Crippen molar-refractivity contribution >= 4 is 17.3 Å². The van der Waals surface area contributed by atoms with Gasteiger partial charge in [0.2, 0.25) is 13.2 Å². The summed E-state index contributed by atoms with van der Waals surface area (Å²) in [5.74, 6) is 1.69. The summed E-state index contributed by atoms with van der Waals surface area (Å²) in [4.78, 5) is 15.5. The van der Waals surface area contributed by atoms with Crippen LogP contribution >= 0.6 is 0 Å². The number of aryl methyl sites for hydroxylation is 1. The highest BCUT2D eigenvalue weighted by Crippen LogP contribution is 2.30. The maximum atomic E-state index is 10.4. The Morgan fingerprint density at radius 3 is 2.46 bits per heavy atom. The van der Waals surface area contributed by atoms with E-state index in [9.17, 15) is 4.79 Å². The summed E-state index contributed by atoms with van der Waals surface area (Å²) in [6.45, 7) is 4.98. The molecule has 3 aromatic rings. The minimum absolute atomic E-state index is 0.360. The van der Waals surface area contributed by atoms with Crippen LogP contribution < -0.4 is 14.8 Å². The minimum Gasteiger partial charge on any atom is -0.454 e. The van der Waals surface area contributed by atoms with Crippen molar-refractivity contribution in [1.29, 1.82) is 0 Å². The van der Waals surface area contributed by atoms with Gasteiger partial charge in [0.25, 0.3) is 0 Å². The molecular formula is C22H27N3O3. The van der Waals surface area contributed by atoms with Crippen LogP contribution in [0.3, 0.4) is 0 Å². The van der Waals surface area contributed by atoms with Crippen LogP contribution in [0.5, 0.6) is 11.5 Å². The molecule has 1 aliphatic rings. The van der Waals surface area contributed by atoms with Crippen molar-refractivity contribution in [1.82, 2.24) is 15.2 Å². The van der Waals surface area contributed by atoms with Crippen LogP contribution in [0.15, 0.2) is 48.5 Å². The van der Waals surface area contributed by atoms with Gasteiger partial charge in [-0.3, -0.25) is 4.79 Å². The smallest absolute Gasteiger partial charge is 0.231 e. The largest absolute Gasteiger partial charge is 0.454 e. The number of carbonyl (C=O) groups is 1. The van der Waals surface area contributed by atoms with E-state index in [2.05, 4.69) is 41.5 Å². The van der Waals surface area contributed by atoms with E-state index in [0.717, 1.165) is 44.0 Å². The van der Waals surface area contributed by atoms with Crippen LogP contribution in [0.1, 0.15) is 11.3 Å². The average molecular weight is 381 g/mol. The summed E-state index contributed by atoms with van der Waals surface area (Å²) in [5.41, 5.74) is 3.83. The lowest BCUT2D eigenvalue weighted by Crippen LogP contribution is -2.29. The third-order valence-corrected chi connectivity index (χ3v) is 4.68. The van der Waals surface area contributed by atoms with E-state index in [1.165, 1.54) is 22.2 Å². The summed E-state index contributed by atoms with van der Waals surface area (Å²) in [6.07, 6.45) is 1.85. The molecule has 1 amide bonds. The number of aromatic amines is 1. The van der Waals surface area contributed by atoms with E-state index in [0.29, 0.717) is 6.79 Å². The Bertz CT molecular complexity index is 884. The fourth-order valence-corrected chi connectivity index (χ4v) is 3.15. The molecule has 1 aromatic heterocycles. The van der Waals surface area contributed by atoms with Crippen molar-refractivity contribution in [3.63, 3.8) is 0 Å². The maximum absolute atomic E-state index is 10.4. The van der Waals surface area contributed by atoms with Crippen molar-refractivity contribution < 1.29 is 14.3 Å². The topological polar surface area (TPSA) is 66.6 Å². The van der Waals surface area contributed by atoms with Crippen LogP contribution in [0.2, 0.25) is 0 Å². The lowest BCUT2D eigenvalue weighted by Gasteiger charge is -2.11. The SMILES string of the molecule is Cc1[nH]c2ccccc2c1CCNCCN(C)C=O.c1ccc2c(c1)OCO2. The molecule has 2 N–H and O–H groups in total. The molecule has 148 valence electrons. The molecule has 0 fully saturated rings. The molecule has 4 rings (SSSR count). The quantitative estimate of drug-likeness (QED) is 0.487. The number of ether oxygens (including phenoxy) is 2. The van der Waals surface area contributed by atoms with Crippen LogP contribution in [0, 0.1) is 6.92 Å². The molecule has 0 spiro atoms. The lowest BCUT2D eigenvalue weighted by atomic mass is 10.1. The van der Waals surface area contributed by atoms with Crippen LogP contribution in [0.4, 0.5) is 0 Å². The number of aromatic nitrogens is 1. The zero-order valence-electron chi connectivity index (χ0n) is 16.4. The Hall–Kier alpha value is -2.99. The first-order chi connectivity index (χ1) is 13.7. The van der Waals surface area contributed by atoms with Crippen molar-refractivity contribution in [2.75, 3.05) is 33.5 Å². The van der Waals surface area contributed by atoms with Gasteiger partial charge in [-0.1, -0.05) is 30.3 Å². The highest BCUT2D eigenvalue weighted by molar-refractivity contribution is 5.84. The minimum atomic E-state index is 0.360. The molecule has 0 aliphatic carbocycles. The number of fused-ring (bicyclic) bond motifs is 2. The molecule has 0 radical (unpaired) electrons. The number of likely N-dealkylation sites (N-methyl/N-ethyl adjacent to an activating group) is 1. The summed E-state index contributed by atoms with van der Waals surface area (Å²) in [6, 6.07) is 16.0. The van der Waals surface area contributed by atoms with Crippen molar-refractivity contribution in [3.8, 4) is 11.5 Å². The number of hydrogen-bond acceptors (Lipinski definition) is 4. The zero-order chi connectivity index (χ0) is 19.8. The highest BCUT2D eigenvalue weighted by atomic mass is 16.7. The van der Waals surface area contributed by atoms with Crippen LogP contribution in [0.25, 0.3) is 10.9 Å². The van der Waals surface area contributed by atoms with Gasteiger partial charge in [-0.25, -0.2) is 0 Å². The molecule has 1 aliphatic heterocycles. The molecule has 0 saturated heterocycles. The molecule has 0 atom stereocenters. The monoisotopic (exact) mass is 381 g/mol. The lowest BCUT2D eigenvalue weighted by molar-refractivity contribution is -0.116. The molecule has 2 aromatic carbocycles. The van der Waals surface area contributed by atoms with Crippen LogP contribution in [-0.4, -0.2) is 49.8 Å². The molecule has 0 saturated carbocycles. The predicted molar refractivity (Wildman–Crippen MR) is 111 cm³/mol. The van der Waals surface area contributed by atoms with E-state index in [4.69, 9.17) is 9.47 Å². The van der Waals surface area contributed by atoms with Gasteiger partial charge >= 0.3 is 0 Å². The van der Waals surface area contributed by atoms with E-state index >= 15 is 0 Å². The fraction of sp³-hybridized carbons (Fsp3) is 0.318. The summed E-state index contributed by atoms with van der Waals surface area (Å²) < 4.78 is 10.2. The number of carbonyl (C=O) groups excluding carboxylic acids is 1. The Morgan fingerprint density at radius 1 is 1.07 bits per heavy atom. The number of rotatable bonds is 7. The second-order valence-electron chi connectivity index (χ2n) is 6.71. The normalized spacial score (nSPS) is 11.8. The first-order valence-electron chi connectivity index (χ1n) is 9.46. The summed E-state index contributed by atoms with van der Waals surface area (Å²) >= 11 is 0. The summed E-state index contributed by atoms with van der Waals surface area (Å²) in [5, 5.41) is 4.68. The third-order valence-electron chi connectivity index (χ3n) is 4.68. The molecule has 6 heteroatoms. The first-order valence-corrected chi connectivity index (χ1v) is 9.46. The first kappa shape index (κ1) is 19.8. The number of H-pyrrole nitrogens is 1. The van der Waals surface area contributed by atoms with Gasteiger partial charge in [-0.2, -0.15) is 0 Å². The van der Waals surface area contributed by atoms with E-state index in [-0.39, 0.29) is 0 Å². The Labute approximate surface area is 165 Å². The average Bonchev–Trinajstić information content (AvgIpc) is 3.32. The highest BCUT2D eigenvalue weighted by Gasteiger charge is 2.09. The standard InChI is InChI=1S/C15H21N3O.C7H6O2/c1-12-13(7-8-16-9-10-18(2)11-19)14-5-3-4-6-15(14)17-12;1-2-4-7-6(3-1)8-5-9-7/h3-6,11,16-17H,7-10H2,1-2H3;1-4H,5H2. The fourth-order valence-electron chi connectivity index (χ4n) is 3.15. The van der Waals surface area contributed by atoms with Crippen LogP contribution in [-0.2, 0) is 11.2 Å². The number of amides is 1.